The minimum absolute atomic E-state index is 0.0721. The lowest BCUT2D eigenvalue weighted by molar-refractivity contribution is -0.274. The average Bonchev–Trinajstić information content (AvgIpc) is 2.98. The topological polar surface area (TPSA) is 61.8 Å². The van der Waals surface area contributed by atoms with Crippen molar-refractivity contribution in [1.29, 1.82) is 0 Å². The zero-order chi connectivity index (χ0) is 22.5. The molecule has 162 valence electrons. The van der Waals surface area contributed by atoms with Crippen LogP contribution in [0.1, 0.15) is 45.1 Å². The lowest BCUT2D eigenvalue weighted by Gasteiger charge is -2.30. The highest BCUT2D eigenvalue weighted by Crippen LogP contribution is 2.49. The van der Waals surface area contributed by atoms with Crippen LogP contribution in [0.3, 0.4) is 0 Å². The van der Waals surface area contributed by atoms with E-state index in [2.05, 4.69) is 11.3 Å². The van der Waals surface area contributed by atoms with Gasteiger partial charge in [-0.15, -0.1) is 13.2 Å². The number of alkyl halides is 3. The third kappa shape index (κ3) is 3.89. The van der Waals surface area contributed by atoms with E-state index in [1.54, 1.807) is 13.0 Å². The summed E-state index contributed by atoms with van der Waals surface area (Å²) in [7, 11) is 0. The van der Waals surface area contributed by atoms with Gasteiger partial charge in [-0.1, -0.05) is 6.58 Å². The first kappa shape index (κ1) is 21.0. The van der Waals surface area contributed by atoms with Gasteiger partial charge in [0, 0.05) is 17.1 Å². The number of carbonyl (C=O) groups is 2. The number of aryl methyl sites for hydroxylation is 1. The molecule has 5 nitrogen and oxygen atoms in total. The van der Waals surface area contributed by atoms with Crippen LogP contribution in [-0.2, 0) is 16.0 Å². The van der Waals surface area contributed by atoms with E-state index >= 15 is 0 Å². The number of hydrogen-bond acceptors (Lipinski definition) is 5. The van der Waals surface area contributed by atoms with Crippen LogP contribution in [0.2, 0.25) is 0 Å². The minimum Gasteiger partial charge on any atom is -0.453 e. The highest BCUT2D eigenvalue weighted by Gasteiger charge is 2.44. The Kier molecular flexibility index (Phi) is 5.03. The molecule has 0 N–H and O–H groups in total. The fourth-order valence-electron chi connectivity index (χ4n) is 4.23. The first-order chi connectivity index (χ1) is 14.5. The first-order valence-electron chi connectivity index (χ1n) is 9.66. The van der Waals surface area contributed by atoms with Gasteiger partial charge in [-0.05, 0) is 73.7 Å². The van der Waals surface area contributed by atoms with Crippen LogP contribution in [0.4, 0.5) is 13.2 Å². The Hall–Kier alpha value is -3.29. The molecule has 0 bridgehead atoms. The smallest absolute Gasteiger partial charge is 0.453 e. The lowest BCUT2D eigenvalue weighted by Crippen LogP contribution is -2.21. The molecule has 2 aliphatic rings. The van der Waals surface area contributed by atoms with Crippen LogP contribution in [0.5, 0.6) is 11.5 Å². The van der Waals surface area contributed by atoms with Crippen LogP contribution in [0.15, 0.2) is 42.5 Å². The van der Waals surface area contributed by atoms with Crippen molar-refractivity contribution in [3.63, 3.8) is 0 Å². The lowest BCUT2D eigenvalue weighted by atomic mass is 9.76. The second kappa shape index (κ2) is 7.44. The predicted molar refractivity (Wildman–Crippen MR) is 104 cm³/mol. The van der Waals surface area contributed by atoms with E-state index < -0.39 is 30.2 Å². The van der Waals surface area contributed by atoms with E-state index in [-0.39, 0.29) is 11.5 Å². The summed E-state index contributed by atoms with van der Waals surface area (Å²) in [5, 5.41) is 0. The number of hydrogen-bond donors (Lipinski definition) is 0. The number of benzene rings is 2. The number of halogens is 3. The molecule has 0 spiro atoms. The quantitative estimate of drug-likeness (QED) is 0.382. The SMILES string of the molecule is C=C1C(=O)O[C@H]2c3c(C)c(OC(=O)c4ccc(OC(F)(F)F)cc4)cc(C)c3CC[C@@H]12. The summed E-state index contributed by atoms with van der Waals surface area (Å²) in [6.45, 7) is 7.53. The second-order valence-electron chi connectivity index (χ2n) is 7.67. The summed E-state index contributed by atoms with van der Waals surface area (Å²) in [5.41, 5.74) is 4.02. The Balaban J connectivity index is 1.61. The molecular formula is C23H19F3O5. The molecule has 2 atom stereocenters. The molecule has 0 unspecified atom stereocenters. The van der Waals surface area contributed by atoms with Crippen LogP contribution in [0, 0.1) is 19.8 Å². The number of ether oxygens (including phenoxy) is 3. The van der Waals surface area contributed by atoms with E-state index in [1.165, 1.54) is 12.1 Å². The van der Waals surface area contributed by atoms with Gasteiger partial charge in [0.05, 0.1) is 5.56 Å². The van der Waals surface area contributed by atoms with Gasteiger partial charge in [0.2, 0.25) is 0 Å². The van der Waals surface area contributed by atoms with Crippen molar-refractivity contribution in [2.45, 2.75) is 39.2 Å². The average molecular weight is 432 g/mol. The van der Waals surface area contributed by atoms with Gasteiger partial charge in [-0.3, -0.25) is 0 Å². The van der Waals surface area contributed by atoms with Crippen molar-refractivity contribution in [2.75, 3.05) is 0 Å². The molecule has 1 saturated heterocycles. The number of carbonyl (C=O) groups excluding carboxylic acids is 2. The van der Waals surface area contributed by atoms with Gasteiger partial charge in [-0.25, -0.2) is 9.59 Å². The molecule has 1 aliphatic heterocycles. The van der Waals surface area contributed by atoms with Crippen LogP contribution < -0.4 is 9.47 Å². The summed E-state index contributed by atoms with van der Waals surface area (Å²) in [6, 6.07) is 6.23. The maximum Gasteiger partial charge on any atom is 0.573 e. The molecule has 31 heavy (non-hydrogen) atoms. The van der Waals surface area contributed by atoms with Crippen LogP contribution in [0.25, 0.3) is 0 Å². The van der Waals surface area contributed by atoms with E-state index in [0.717, 1.165) is 41.7 Å². The zero-order valence-electron chi connectivity index (χ0n) is 16.8. The van der Waals surface area contributed by atoms with E-state index in [9.17, 15) is 22.8 Å². The van der Waals surface area contributed by atoms with Crippen molar-refractivity contribution in [3.05, 3.63) is 70.3 Å². The summed E-state index contributed by atoms with van der Waals surface area (Å²) in [6.07, 6.45) is -3.76. The monoisotopic (exact) mass is 432 g/mol. The standard InChI is InChI=1S/C23H19F3O5/c1-11-10-18(29-22(28)14-4-6-15(7-5-14)31-23(24,25)26)13(3)19-16(11)8-9-17-12(2)21(27)30-20(17)19/h4-7,10,17,20H,2,8-9H2,1,3H3/t17-,20+/m0/s1. The van der Waals surface area contributed by atoms with Gasteiger partial charge in [0.1, 0.15) is 17.6 Å². The molecule has 1 fully saturated rings. The van der Waals surface area contributed by atoms with Crippen molar-refractivity contribution < 1.29 is 37.0 Å². The Morgan fingerprint density at radius 3 is 2.52 bits per heavy atom. The third-order valence-electron chi connectivity index (χ3n) is 5.75. The Morgan fingerprint density at radius 1 is 1.19 bits per heavy atom. The Morgan fingerprint density at radius 2 is 1.87 bits per heavy atom. The maximum absolute atomic E-state index is 12.6. The normalized spacial score (nSPS) is 20.0. The van der Waals surface area contributed by atoms with E-state index in [0.29, 0.717) is 16.9 Å². The summed E-state index contributed by atoms with van der Waals surface area (Å²) in [5.74, 6) is -1.36. The van der Waals surface area contributed by atoms with Crippen molar-refractivity contribution in [3.8, 4) is 11.5 Å². The van der Waals surface area contributed by atoms with Gasteiger partial charge < -0.3 is 14.2 Å². The van der Waals surface area contributed by atoms with Crippen LogP contribution >= 0.6 is 0 Å². The number of fused-ring (bicyclic) bond motifs is 3. The molecule has 0 amide bonds. The Labute approximate surface area is 176 Å². The van der Waals surface area contributed by atoms with Crippen molar-refractivity contribution >= 4 is 11.9 Å². The number of rotatable bonds is 3. The molecule has 0 radical (unpaired) electrons. The fourth-order valence-corrected chi connectivity index (χ4v) is 4.23. The second-order valence-corrected chi connectivity index (χ2v) is 7.67. The molecule has 0 saturated carbocycles. The van der Waals surface area contributed by atoms with Crippen LogP contribution in [-0.4, -0.2) is 18.3 Å². The summed E-state index contributed by atoms with van der Waals surface area (Å²) in [4.78, 5) is 24.6. The third-order valence-corrected chi connectivity index (χ3v) is 5.75. The molecule has 1 aliphatic carbocycles. The first-order valence-corrected chi connectivity index (χ1v) is 9.66. The molecule has 2 aromatic rings. The molecule has 8 heteroatoms. The minimum atomic E-state index is -4.81. The number of esters is 2. The maximum atomic E-state index is 12.6. The molecule has 2 aromatic carbocycles. The van der Waals surface area contributed by atoms with E-state index in [4.69, 9.17) is 9.47 Å². The van der Waals surface area contributed by atoms with Gasteiger partial charge >= 0.3 is 18.3 Å². The van der Waals surface area contributed by atoms with Crippen molar-refractivity contribution in [2.24, 2.45) is 5.92 Å². The zero-order valence-corrected chi connectivity index (χ0v) is 16.8. The highest BCUT2D eigenvalue weighted by atomic mass is 19.4. The Bertz CT molecular complexity index is 1090. The van der Waals surface area contributed by atoms with Gasteiger partial charge in [0.15, 0.2) is 0 Å². The highest BCUT2D eigenvalue weighted by molar-refractivity contribution is 5.92. The molecule has 1 heterocycles. The molecule has 0 aromatic heterocycles. The summed E-state index contributed by atoms with van der Waals surface area (Å²) < 4.78 is 51.8. The fraction of sp³-hybridized carbons (Fsp3) is 0.304. The predicted octanol–water partition coefficient (Wildman–Crippen LogP) is 5.14. The van der Waals surface area contributed by atoms with E-state index in [1.807, 2.05) is 6.92 Å². The largest absolute Gasteiger partial charge is 0.573 e. The van der Waals surface area contributed by atoms with Crippen molar-refractivity contribution in [1.82, 2.24) is 0 Å². The summed E-state index contributed by atoms with van der Waals surface area (Å²) >= 11 is 0. The van der Waals surface area contributed by atoms with Gasteiger partial charge in [0.25, 0.3) is 0 Å². The van der Waals surface area contributed by atoms with Gasteiger partial charge in [-0.2, -0.15) is 0 Å². The molecular weight excluding hydrogens is 413 g/mol. The molecule has 4 rings (SSSR count).